The van der Waals surface area contributed by atoms with E-state index in [-0.39, 0.29) is 11.4 Å². The Morgan fingerprint density at radius 2 is 0.971 bits per heavy atom. The third kappa shape index (κ3) is 9.81. The average molecular weight is 480 g/mol. The number of aliphatic hydroxyl groups excluding tert-OH is 2. The predicted molar refractivity (Wildman–Crippen MR) is 115 cm³/mol. The van der Waals surface area contributed by atoms with E-state index < -0.39 is 61.5 Å². The number of allylic oxidation sites excluding steroid dienone is 2. The highest BCUT2D eigenvalue weighted by Crippen LogP contribution is 2.18. The lowest BCUT2D eigenvalue weighted by Crippen LogP contribution is -2.51. The maximum absolute atomic E-state index is 12.3. The van der Waals surface area contributed by atoms with Gasteiger partial charge in [0.2, 0.25) is 0 Å². The molecule has 12 heteroatoms. The molecule has 0 saturated carbocycles. The molecule has 186 valence electrons. The second-order valence-corrected chi connectivity index (χ2v) is 7.39. The van der Waals surface area contributed by atoms with Gasteiger partial charge in [-0.3, -0.25) is 19.2 Å². The molecule has 2 N–H and O–H groups in total. The molecule has 0 amide bonds. The Hall–Kier alpha value is -3.74. The molecule has 0 spiro atoms. The van der Waals surface area contributed by atoms with Crippen LogP contribution in [0.1, 0.15) is 41.5 Å². The van der Waals surface area contributed by atoms with Gasteiger partial charge in [-0.05, 0) is 0 Å². The van der Waals surface area contributed by atoms with Crippen LogP contribution in [0, 0.1) is 13.1 Å². The number of nitrogens with zero attached hydrogens (tertiary/aromatic N) is 2. The van der Waals surface area contributed by atoms with Crippen molar-refractivity contribution in [2.75, 3.05) is 13.2 Å². The van der Waals surface area contributed by atoms with Crippen LogP contribution in [0.15, 0.2) is 22.5 Å². The van der Waals surface area contributed by atoms with Crippen LogP contribution in [-0.2, 0) is 38.1 Å². The van der Waals surface area contributed by atoms with Gasteiger partial charge in [-0.25, -0.2) is 9.69 Å². The summed E-state index contributed by atoms with van der Waals surface area (Å²) in [5, 5.41) is 21.3. The van der Waals surface area contributed by atoms with E-state index in [1.165, 1.54) is 27.7 Å². The van der Waals surface area contributed by atoms with Crippen molar-refractivity contribution in [1.82, 2.24) is 0 Å². The van der Waals surface area contributed by atoms with Gasteiger partial charge in [0, 0.05) is 13.8 Å². The first kappa shape index (κ1) is 30.3. The fraction of sp³-hybridized carbons (Fsp3) is 0.545. The van der Waals surface area contributed by atoms with Crippen LogP contribution in [-0.4, -0.2) is 71.7 Å². The van der Waals surface area contributed by atoms with Crippen molar-refractivity contribution in [1.29, 1.82) is 0 Å². The topological polar surface area (TPSA) is 154 Å². The molecule has 0 aromatic carbocycles. The molecular formula is C22H28N2O10. The minimum absolute atomic E-state index is 0.316. The molecule has 4 atom stereocenters. The number of carbonyl (C=O) groups is 4. The molecule has 34 heavy (non-hydrogen) atoms. The fourth-order valence-electron chi connectivity index (χ4n) is 2.35. The first-order valence-electron chi connectivity index (χ1n) is 9.91. The minimum atomic E-state index is -2.02. The highest BCUT2D eigenvalue weighted by molar-refractivity contribution is 5.91. The van der Waals surface area contributed by atoms with Crippen molar-refractivity contribution >= 4 is 23.9 Å². The molecule has 0 radical (unpaired) electrons. The van der Waals surface area contributed by atoms with Crippen LogP contribution < -0.4 is 0 Å². The Bertz CT molecular complexity index is 854. The van der Waals surface area contributed by atoms with Crippen LogP contribution in [0.5, 0.6) is 0 Å². The number of esters is 4. The molecule has 0 fully saturated rings. The summed E-state index contributed by atoms with van der Waals surface area (Å²) in [5.41, 5.74) is -0.141. The van der Waals surface area contributed by atoms with Gasteiger partial charge in [-0.1, -0.05) is 38.8 Å². The Morgan fingerprint density at radius 1 is 0.676 bits per heavy atom. The smallest absolute Gasteiger partial charge is 0.336 e. The van der Waals surface area contributed by atoms with E-state index in [9.17, 15) is 29.4 Å². The summed E-state index contributed by atoms with van der Waals surface area (Å²) in [6.45, 7) is 20.8. The Morgan fingerprint density at radius 3 is 1.18 bits per heavy atom. The standard InChI is InChI=1S/C22H28N2O10/c1-11(2)17(23-7)21(29)33-15(9-31-13(5)25)19(27)20(28)16(10-32-14(6)26)34-22(30)18(24-8)12(3)4/h15-16,19-20,27-28H,9-10H2,1-6H3. The van der Waals surface area contributed by atoms with Crippen molar-refractivity contribution in [3.8, 4) is 0 Å². The van der Waals surface area contributed by atoms with E-state index in [1.54, 1.807) is 0 Å². The van der Waals surface area contributed by atoms with E-state index in [0.717, 1.165) is 13.8 Å². The zero-order chi connectivity index (χ0) is 26.6. The van der Waals surface area contributed by atoms with Gasteiger partial charge in [0.25, 0.3) is 11.4 Å². The maximum Gasteiger partial charge on any atom is 0.336 e. The van der Waals surface area contributed by atoms with Crippen molar-refractivity contribution in [3.63, 3.8) is 0 Å². The molecule has 0 saturated heterocycles. The summed E-state index contributed by atoms with van der Waals surface area (Å²) < 4.78 is 19.7. The fourth-order valence-corrected chi connectivity index (χ4v) is 2.35. The number of hydrogen-bond donors (Lipinski definition) is 2. The largest absolute Gasteiger partial charge is 0.462 e. The zero-order valence-electron chi connectivity index (χ0n) is 19.8. The van der Waals surface area contributed by atoms with Crippen molar-refractivity contribution in [3.05, 3.63) is 45.4 Å². The summed E-state index contributed by atoms with van der Waals surface area (Å²) in [6, 6.07) is 0. The van der Waals surface area contributed by atoms with E-state index in [1.807, 2.05) is 0 Å². The normalized spacial score (nSPS) is 13.5. The number of ether oxygens (including phenoxy) is 4. The molecule has 0 bridgehead atoms. The predicted octanol–water partition coefficient (Wildman–Crippen LogP) is 1.08. The van der Waals surface area contributed by atoms with Crippen LogP contribution >= 0.6 is 0 Å². The highest BCUT2D eigenvalue weighted by atomic mass is 16.6. The average Bonchev–Trinajstić information content (AvgIpc) is 2.73. The molecule has 0 aromatic rings. The van der Waals surface area contributed by atoms with Gasteiger partial charge in [0.1, 0.15) is 25.4 Å². The Kier molecular flexibility index (Phi) is 12.8. The highest BCUT2D eigenvalue weighted by Gasteiger charge is 2.39. The van der Waals surface area contributed by atoms with Gasteiger partial charge in [0.15, 0.2) is 12.2 Å². The van der Waals surface area contributed by atoms with E-state index in [4.69, 9.17) is 32.1 Å². The second-order valence-electron chi connectivity index (χ2n) is 7.39. The van der Waals surface area contributed by atoms with E-state index in [0.29, 0.717) is 11.1 Å². The van der Waals surface area contributed by atoms with E-state index in [2.05, 4.69) is 9.69 Å². The zero-order valence-corrected chi connectivity index (χ0v) is 19.8. The van der Waals surface area contributed by atoms with Gasteiger partial charge in [0.05, 0.1) is 13.1 Å². The molecule has 0 heterocycles. The maximum atomic E-state index is 12.3. The summed E-state index contributed by atoms with van der Waals surface area (Å²) in [4.78, 5) is 53.2. The minimum Gasteiger partial charge on any atom is -0.462 e. The summed E-state index contributed by atoms with van der Waals surface area (Å²) in [6.07, 6.45) is -7.43. The van der Waals surface area contributed by atoms with Crippen LogP contribution in [0.3, 0.4) is 0 Å². The number of aliphatic hydroxyl groups is 2. The summed E-state index contributed by atoms with van der Waals surface area (Å²) >= 11 is 0. The van der Waals surface area contributed by atoms with E-state index >= 15 is 0 Å². The third-order valence-corrected chi connectivity index (χ3v) is 4.09. The summed E-state index contributed by atoms with van der Waals surface area (Å²) in [5.74, 6) is -3.87. The quantitative estimate of drug-likeness (QED) is 0.190. The number of rotatable bonds is 11. The SMILES string of the molecule is [C-]#[N+]C(C(=O)OC(COC(C)=O)C(O)C(O)C(COC(C)=O)OC(=O)C([N+]#[C-])=C(C)C)=C(C)C. The van der Waals surface area contributed by atoms with Crippen LogP contribution in [0.2, 0.25) is 0 Å². The molecule has 0 aliphatic heterocycles. The lowest BCUT2D eigenvalue weighted by atomic mass is 10.0. The van der Waals surface area contributed by atoms with Gasteiger partial charge >= 0.3 is 23.9 Å². The second kappa shape index (κ2) is 14.4. The molecule has 12 nitrogen and oxygen atoms in total. The first-order valence-corrected chi connectivity index (χ1v) is 9.91. The number of hydrogen-bond acceptors (Lipinski definition) is 10. The lowest BCUT2D eigenvalue weighted by molar-refractivity contribution is -0.184. The monoisotopic (exact) mass is 480 g/mol. The van der Waals surface area contributed by atoms with Crippen molar-refractivity contribution in [2.45, 2.75) is 66.0 Å². The van der Waals surface area contributed by atoms with Crippen molar-refractivity contribution < 1.29 is 48.3 Å². The molecule has 0 rings (SSSR count). The summed E-state index contributed by atoms with van der Waals surface area (Å²) in [7, 11) is 0. The van der Waals surface area contributed by atoms with Gasteiger partial charge in [-0.2, -0.15) is 0 Å². The molecule has 0 aliphatic rings. The third-order valence-electron chi connectivity index (χ3n) is 4.09. The molecular weight excluding hydrogens is 452 g/mol. The Labute approximate surface area is 197 Å². The number of carbonyl (C=O) groups excluding carboxylic acids is 4. The van der Waals surface area contributed by atoms with Gasteiger partial charge < -0.3 is 29.2 Å². The molecule has 0 aliphatic carbocycles. The van der Waals surface area contributed by atoms with Gasteiger partial charge in [-0.15, -0.1) is 0 Å². The molecule has 4 unspecified atom stereocenters. The first-order chi connectivity index (χ1) is 15.8. The Balaban J connectivity index is 5.99. The lowest BCUT2D eigenvalue weighted by Gasteiger charge is -2.30. The van der Waals surface area contributed by atoms with Crippen LogP contribution in [0.25, 0.3) is 9.69 Å². The van der Waals surface area contributed by atoms with Crippen molar-refractivity contribution in [2.24, 2.45) is 0 Å². The van der Waals surface area contributed by atoms with Crippen LogP contribution in [0.4, 0.5) is 0 Å². The molecule has 0 aromatic heterocycles.